The topological polar surface area (TPSA) is 69.7 Å². The van der Waals surface area contributed by atoms with E-state index in [-0.39, 0.29) is 24.3 Å². The van der Waals surface area contributed by atoms with Crippen molar-refractivity contribution >= 4 is 29.2 Å². The third-order valence-corrected chi connectivity index (χ3v) is 7.53. The summed E-state index contributed by atoms with van der Waals surface area (Å²) in [5.74, 6) is -0.849. The van der Waals surface area contributed by atoms with Crippen molar-refractivity contribution in [1.82, 2.24) is 4.90 Å². The van der Waals surface area contributed by atoms with Gasteiger partial charge in [-0.3, -0.25) is 19.4 Å². The molecule has 2 aliphatic rings. The second-order valence-electron chi connectivity index (χ2n) is 10.7. The Morgan fingerprint density at radius 3 is 2.17 bits per heavy atom. The first-order valence-corrected chi connectivity index (χ1v) is 12.9. The quantitative estimate of drug-likeness (QED) is 0.468. The minimum absolute atomic E-state index is 0.187. The van der Waals surface area contributed by atoms with E-state index in [1.807, 2.05) is 18.2 Å². The number of carbonyl (C=O) groups excluding carboxylic acids is 3. The smallest absolute Gasteiger partial charge is 0.324 e. The van der Waals surface area contributed by atoms with E-state index in [4.69, 9.17) is 0 Å². The van der Waals surface area contributed by atoms with Crippen LogP contribution < -0.4 is 10.2 Å². The summed E-state index contributed by atoms with van der Waals surface area (Å²) >= 11 is 0. The molecule has 7 heteroatoms. The lowest BCUT2D eigenvalue weighted by atomic mass is 9.80. The summed E-state index contributed by atoms with van der Waals surface area (Å²) in [7, 11) is 0. The lowest BCUT2D eigenvalue weighted by molar-refractivity contribution is -0.134. The zero-order chi connectivity index (χ0) is 26.2. The minimum Gasteiger partial charge on any atom is -0.324 e. The number of hydrogen-bond donors (Lipinski definition) is 1. The van der Waals surface area contributed by atoms with Crippen LogP contribution in [0.3, 0.4) is 0 Å². The number of para-hydroxylation sites is 1. The third kappa shape index (κ3) is 4.51. The Morgan fingerprint density at radius 1 is 1.00 bits per heavy atom. The second-order valence-corrected chi connectivity index (χ2v) is 10.7. The highest BCUT2D eigenvalue weighted by molar-refractivity contribution is 6.18. The average Bonchev–Trinajstić information content (AvgIpc) is 3.02. The van der Waals surface area contributed by atoms with Gasteiger partial charge >= 0.3 is 6.03 Å². The van der Waals surface area contributed by atoms with Crippen molar-refractivity contribution in [2.24, 2.45) is 0 Å². The van der Waals surface area contributed by atoms with Gasteiger partial charge < -0.3 is 5.32 Å². The van der Waals surface area contributed by atoms with E-state index in [9.17, 15) is 18.8 Å². The molecule has 1 heterocycles. The first kappa shape index (κ1) is 25.9. The van der Waals surface area contributed by atoms with Crippen molar-refractivity contribution < 1.29 is 18.8 Å². The number of anilines is 2. The zero-order valence-corrected chi connectivity index (χ0v) is 21.9. The molecule has 0 bridgehead atoms. The minimum atomic E-state index is -1.07. The summed E-state index contributed by atoms with van der Waals surface area (Å²) < 4.78 is 14.5. The molecule has 1 saturated heterocycles. The van der Waals surface area contributed by atoms with Gasteiger partial charge in [0.05, 0.1) is 0 Å². The summed E-state index contributed by atoms with van der Waals surface area (Å²) in [5, 5.41) is 3.01. The molecule has 1 N–H and O–H groups in total. The van der Waals surface area contributed by atoms with Crippen molar-refractivity contribution in [2.45, 2.75) is 84.1 Å². The third-order valence-electron chi connectivity index (χ3n) is 7.53. The molecule has 1 spiro atoms. The molecule has 6 nitrogen and oxygen atoms in total. The first-order valence-electron chi connectivity index (χ1n) is 12.9. The van der Waals surface area contributed by atoms with E-state index >= 15 is 0 Å². The number of hydrogen-bond acceptors (Lipinski definition) is 3. The summed E-state index contributed by atoms with van der Waals surface area (Å²) in [4.78, 5) is 43.2. The normalized spacial score (nSPS) is 17.6. The number of benzene rings is 2. The van der Waals surface area contributed by atoms with Gasteiger partial charge in [-0.25, -0.2) is 9.18 Å². The Bertz CT molecular complexity index is 1160. The number of imide groups is 1. The lowest BCUT2D eigenvalue weighted by Gasteiger charge is -2.38. The van der Waals surface area contributed by atoms with Gasteiger partial charge in [0.1, 0.15) is 17.9 Å². The molecule has 36 heavy (non-hydrogen) atoms. The summed E-state index contributed by atoms with van der Waals surface area (Å²) in [6.07, 6.45) is 3.56. The first-order chi connectivity index (χ1) is 17.1. The van der Waals surface area contributed by atoms with Gasteiger partial charge in [0.25, 0.3) is 5.91 Å². The molecule has 1 aliphatic carbocycles. The van der Waals surface area contributed by atoms with Crippen LogP contribution in [0.4, 0.5) is 20.6 Å². The van der Waals surface area contributed by atoms with Gasteiger partial charge in [-0.05, 0) is 60.4 Å². The average molecular weight is 494 g/mol. The van der Waals surface area contributed by atoms with E-state index < -0.39 is 23.3 Å². The van der Waals surface area contributed by atoms with E-state index in [2.05, 4.69) is 33.0 Å². The van der Waals surface area contributed by atoms with Crippen LogP contribution in [-0.2, 0) is 9.59 Å². The van der Waals surface area contributed by atoms with Gasteiger partial charge in [0.2, 0.25) is 5.91 Å². The number of urea groups is 1. The van der Waals surface area contributed by atoms with E-state index in [1.165, 1.54) is 11.0 Å². The van der Waals surface area contributed by atoms with Crippen molar-refractivity contribution in [1.29, 1.82) is 0 Å². The molecule has 192 valence electrons. The SMILES string of the molecule is Cc1ccc(N2C(=O)N(CC(=O)Nc3c(C(C)C)cccc3C(C)C)C(=O)C23CCCCC3)cc1F. The summed E-state index contributed by atoms with van der Waals surface area (Å²) in [6.45, 7) is 9.53. The van der Waals surface area contributed by atoms with Crippen LogP contribution in [-0.4, -0.2) is 34.8 Å². The fraction of sp³-hybridized carbons (Fsp3) is 0.483. The highest BCUT2D eigenvalue weighted by Crippen LogP contribution is 2.43. The van der Waals surface area contributed by atoms with Crippen molar-refractivity contribution in [3.8, 4) is 0 Å². The molecule has 2 fully saturated rings. The maximum absolute atomic E-state index is 14.5. The summed E-state index contributed by atoms with van der Waals surface area (Å²) in [6, 6.07) is 10.0. The molecule has 0 atom stereocenters. The predicted octanol–water partition coefficient (Wildman–Crippen LogP) is 6.49. The van der Waals surface area contributed by atoms with E-state index in [0.29, 0.717) is 24.1 Å². The second kappa shape index (κ2) is 10.0. The zero-order valence-electron chi connectivity index (χ0n) is 21.9. The predicted molar refractivity (Wildman–Crippen MR) is 140 cm³/mol. The van der Waals surface area contributed by atoms with Gasteiger partial charge in [0, 0.05) is 11.4 Å². The lowest BCUT2D eigenvalue weighted by Crippen LogP contribution is -2.51. The van der Waals surface area contributed by atoms with Crippen LogP contribution in [0.25, 0.3) is 0 Å². The van der Waals surface area contributed by atoms with Crippen molar-refractivity contribution in [3.63, 3.8) is 0 Å². The van der Waals surface area contributed by atoms with Crippen molar-refractivity contribution in [3.05, 3.63) is 58.9 Å². The van der Waals surface area contributed by atoms with Crippen LogP contribution in [0.1, 0.15) is 88.3 Å². The molecule has 1 saturated carbocycles. The summed E-state index contributed by atoms with van der Waals surface area (Å²) in [5.41, 5.74) is 2.51. The molecule has 0 radical (unpaired) electrons. The highest BCUT2D eigenvalue weighted by atomic mass is 19.1. The molecular weight excluding hydrogens is 457 g/mol. The highest BCUT2D eigenvalue weighted by Gasteiger charge is 2.58. The Kier molecular flexibility index (Phi) is 7.21. The molecule has 4 amide bonds. The largest absolute Gasteiger partial charge is 0.332 e. The molecule has 0 unspecified atom stereocenters. The maximum Gasteiger partial charge on any atom is 0.332 e. The van der Waals surface area contributed by atoms with Crippen LogP contribution in [0, 0.1) is 12.7 Å². The van der Waals surface area contributed by atoms with Gasteiger partial charge in [0.15, 0.2) is 0 Å². The number of amides is 4. The standard InChI is InChI=1S/C29H36FN3O3/c1-18(2)22-10-9-11-23(19(3)4)26(22)31-25(34)17-32-27(35)29(14-7-6-8-15-29)33(28(32)36)21-13-12-20(5)24(30)16-21/h9-13,16,18-19H,6-8,14-15,17H2,1-5H3,(H,31,34). The number of halogens is 1. The Balaban J connectivity index is 1.66. The van der Waals surface area contributed by atoms with E-state index in [0.717, 1.165) is 41.0 Å². The Hall–Kier alpha value is -3.22. The molecule has 2 aromatic rings. The Morgan fingerprint density at radius 2 is 1.61 bits per heavy atom. The van der Waals surface area contributed by atoms with Crippen molar-refractivity contribution in [2.75, 3.05) is 16.8 Å². The number of carbonyl (C=O) groups is 3. The van der Waals surface area contributed by atoms with Gasteiger partial charge in [-0.15, -0.1) is 0 Å². The number of nitrogens with zero attached hydrogens (tertiary/aromatic N) is 2. The fourth-order valence-electron chi connectivity index (χ4n) is 5.55. The fourth-order valence-corrected chi connectivity index (χ4v) is 5.55. The van der Waals surface area contributed by atoms with Crippen LogP contribution >= 0.6 is 0 Å². The van der Waals surface area contributed by atoms with Crippen LogP contribution in [0.15, 0.2) is 36.4 Å². The number of nitrogens with one attached hydrogen (secondary N) is 1. The monoisotopic (exact) mass is 493 g/mol. The number of rotatable bonds is 6. The molecule has 0 aromatic heterocycles. The van der Waals surface area contributed by atoms with Crippen LogP contribution in [0.2, 0.25) is 0 Å². The Labute approximate surface area is 212 Å². The van der Waals surface area contributed by atoms with Gasteiger partial charge in [-0.1, -0.05) is 71.2 Å². The molecule has 4 rings (SSSR count). The molecule has 2 aromatic carbocycles. The van der Waals surface area contributed by atoms with Gasteiger partial charge in [-0.2, -0.15) is 0 Å². The number of aryl methyl sites for hydroxylation is 1. The maximum atomic E-state index is 14.5. The molecular formula is C29H36FN3O3. The van der Waals surface area contributed by atoms with E-state index in [1.54, 1.807) is 19.1 Å². The van der Waals surface area contributed by atoms with Crippen LogP contribution in [0.5, 0.6) is 0 Å². The molecule has 1 aliphatic heterocycles.